The van der Waals surface area contributed by atoms with E-state index in [0.29, 0.717) is 19.4 Å². The lowest BCUT2D eigenvalue weighted by Crippen LogP contribution is -2.51. The number of rotatable bonds is 9. The maximum absolute atomic E-state index is 12.4. The maximum atomic E-state index is 12.4. The summed E-state index contributed by atoms with van der Waals surface area (Å²) in [6, 6.07) is -0.308. The van der Waals surface area contributed by atoms with E-state index >= 15 is 0 Å². The second-order valence-corrected chi connectivity index (χ2v) is 7.63. The summed E-state index contributed by atoms with van der Waals surface area (Å²) in [7, 11) is -3.37. The summed E-state index contributed by atoms with van der Waals surface area (Å²) in [6.07, 6.45) is 8.51. The Morgan fingerprint density at radius 3 is 2.62 bits per heavy atom. The van der Waals surface area contributed by atoms with E-state index in [1.165, 1.54) is 6.08 Å². The molecule has 0 saturated heterocycles. The zero-order valence-corrected chi connectivity index (χ0v) is 13.8. The van der Waals surface area contributed by atoms with Gasteiger partial charge in [-0.25, -0.2) is 13.1 Å². The summed E-state index contributed by atoms with van der Waals surface area (Å²) in [6.45, 7) is 6.03. The van der Waals surface area contributed by atoms with Crippen LogP contribution in [0.25, 0.3) is 0 Å². The zero-order valence-electron chi connectivity index (χ0n) is 12.9. The number of carbonyl (C=O) groups is 1. The molecule has 0 spiro atoms. The van der Waals surface area contributed by atoms with E-state index in [2.05, 4.69) is 23.5 Å². The van der Waals surface area contributed by atoms with Crippen LogP contribution in [0.5, 0.6) is 0 Å². The van der Waals surface area contributed by atoms with Crippen molar-refractivity contribution in [3.05, 3.63) is 12.7 Å². The molecular formula is C15H28N2O3S. The van der Waals surface area contributed by atoms with Crippen molar-refractivity contribution in [2.24, 2.45) is 0 Å². The predicted octanol–water partition coefficient (Wildman–Crippen LogP) is 2.10. The van der Waals surface area contributed by atoms with Gasteiger partial charge in [-0.15, -0.1) is 0 Å². The van der Waals surface area contributed by atoms with E-state index in [4.69, 9.17) is 0 Å². The molecule has 0 aromatic heterocycles. The Morgan fingerprint density at radius 2 is 1.95 bits per heavy atom. The number of hydrogen-bond acceptors (Lipinski definition) is 3. The van der Waals surface area contributed by atoms with Crippen LogP contribution >= 0.6 is 0 Å². The topological polar surface area (TPSA) is 75.3 Å². The monoisotopic (exact) mass is 316 g/mol. The molecule has 0 aromatic rings. The third kappa shape index (κ3) is 6.18. The van der Waals surface area contributed by atoms with Crippen molar-refractivity contribution in [1.29, 1.82) is 0 Å². The Hall–Kier alpha value is -0.880. The molecule has 6 heteroatoms. The molecule has 1 aliphatic carbocycles. The first-order valence-electron chi connectivity index (χ1n) is 7.92. The molecule has 1 aliphatic rings. The van der Waals surface area contributed by atoms with Crippen LogP contribution in [0, 0.1) is 0 Å². The Labute approximate surface area is 128 Å². The lowest BCUT2D eigenvalue weighted by Gasteiger charge is -2.31. The summed E-state index contributed by atoms with van der Waals surface area (Å²) in [5, 5.41) is 2.23. The van der Waals surface area contributed by atoms with Gasteiger partial charge in [-0.05, 0) is 25.3 Å². The van der Waals surface area contributed by atoms with E-state index in [0.717, 1.165) is 38.5 Å². The highest BCUT2D eigenvalue weighted by molar-refractivity contribution is 7.90. The highest BCUT2D eigenvalue weighted by Gasteiger charge is 2.35. The SMILES string of the molecule is C=CC(=O)NC1CCCCC1S(=O)(=O)NCCCCCC. The molecule has 0 bridgehead atoms. The third-order valence-corrected chi connectivity index (χ3v) is 5.92. The van der Waals surface area contributed by atoms with Gasteiger partial charge in [0.1, 0.15) is 0 Å². The average molecular weight is 316 g/mol. The van der Waals surface area contributed by atoms with Gasteiger partial charge in [0, 0.05) is 12.6 Å². The van der Waals surface area contributed by atoms with Gasteiger partial charge >= 0.3 is 0 Å². The standard InChI is InChI=1S/C15H28N2O3S/c1-3-5-6-9-12-16-21(19,20)14-11-8-7-10-13(14)17-15(18)4-2/h4,13-14,16H,2-3,5-12H2,1H3,(H,17,18). The van der Waals surface area contributed by atoms with Gasteiger partial charge in [0.15, 0.2) is 0 Å². The summed E-state index contributed by atoms with van der Waals surface area (Å²) < 4.78 is 27.5. The molecular weight excluding hydrogens is 288 g/mol. The number of nitrogens with one attached hydrogen (secondary N) is 2. The maximum Gasteiger partial charge on any atom is 0.243 e. The van der Waals surface area contributed by atoms with Crippen molar-refractivity contribution in [2.45, 2.75) is 69.6 Å². The van der Waals surface area contributed by atoms with Crippen LogP contribution in [-0.2, 0) is 14.8 Å². The van der Waals surface area contributed by atoms with E-state index in [1.807, 2.05) is 0 Å². The van der Waals surface area contributed by atoms with Crippen molar-refractivity contribution in [2.75, 3.05) is 6.54 Å². The van der Waals surface area contributed by atoms with Gasteiger partial charge in [-0.3, -0.25) is 4.79 Å². The van der Waals surface area contributed by atoms with Crippen molar-refractivity contribution in [3.63, 3.8) is 0 Å². The Bertz CT molecular complexity index is 434. The lowest BCUT2D eigenvalue weighted by atomic mass is 9.95. The molecule has 0 radical (unpaired) electrons. The van der Waals surface area contributed by atoms with Crippen molar-refractivity contribution >= 4 is 15.9 Å². The fraction of sp³-hybridized carbons (Fsp3) is 0.800. The summed E-state index contributed by atoms with van der Waals surface area (Å²) >= 11 is 0. The van der Waals surface area contributed by atoms with E-state index in [9.17, 15) is 13.2 Å². The second-order valence-electron chi connectivity index (χ2n) is 5.64. The summed E-state index contributed by atoms with van der Waals surface area (Å²) in [5.74, 6) is -0.301. The first kappa shape index (κ1) is 18.2. The van der Waals surface area contributed by atoms with Crippen molar-refractivity contribution in [3.8, 4) is 0 Å². The molecule has 21 heavy (non-hydrogen) atoms. The van der Waals surface area contributed by atoms with Crippen LogP contribution < -0.4 is 10.0 Å². The van der Waals surface area contributed by atoms with E-state index < -0.39 is 15.3 Å². The molecule has 1 rings (SSSR count). The van der Waals surface area contributed by atoms with E-state index in [1.54, 1.807) is 0 Å². The summed E-state index contributed by atoms with van der Waals surface area (Å²) in [4.78, 5) is 11.4. The number of carbonyl (C=O) groups excluding carboxylic acids is 1. The largest absolute Gasteiger partial charge is 0.348 e. The van der Waals surface area contributed by atoms with Crippen LogP contribution in [-0.4, -0.2) is 32.2 Å². The van der Waals surface area contributed by atoms with Crippen LogP contribution in [0.1, 0.15) is 58.3 Å². The average Bonchev–Trinajstić information content (AvgIpc) is 2.47. The fourth-order valence-corrected chi connectivity index (χ4v) is 4.50. The molecule has 2 N–H and O–H groups in total. The molecule has 2 unspecified atom stereocenters. The summed E-state index contributed by atoms with van der Waals surface area (Å²) in [5.41, 5.74) is 0. The van der Waals surface area contributed by atoms with Gasteiger partial charge in [-0.2, -0.15) is 0 Å². The number of amides is 1. The minimum atomic E-state index is -3.37. The number of hydrogen-bond donors (Lipinski definition) is 2. The smallest absolute Gasteiger partial charge is 0.243 e. The predicted molar refractivity (Wildman–Crippen MR) is 85.4 cm³/mol. The van der Waals surface area contributed by atoms with Crippen LogP contribution in [0.4, 0.5) is 0 Å². The normalized spacial score (nSPS) is 22.7. The van der Waals surface area contributed by atoms with Gasteiger partial charge in [0.05, 0.1) is 5.25 Å². The first-order chi connectivity index (χ1) is 10.0. The van der Waals surface area contributed by atoms with Crippen molar-refractivity contribution in [1.82, 2.24) is 10.0 Å². The highest BCUT2D eigenvalue weighted by Crippen LogP contribution is 2.24. The Kier molecular flexibility index (Phi) is 7.96. The van der Waals surface area contributed by atoms with Gasteiger partial charge < -0.3 is 5.32 Å². The molecule has 0 aromatic carbocycles. The molecule has 1 amide bonds. The third-order valence-electron chi connectivity index (χ3n) is 3.95. The molecule has 0 aliphatic heterocycles. The zero-order chi connectivity index (χ0) is 15.7. The van der Waals surface area contributed by atoms with Crippen LogP contribution in [0.2, 0.25) is 0 Å². The molecule has 5 nitrogen and oxygen atoms in total. The van der Waals surface area contributed by atoms with Gasteiger partial charge in [0.25, 0.3) is 0 Å². The first-order valence-corrected chi connectivity index (χ1v) is 9.47. The molecule has 1 fully saturated rings. The number of unbranched alkanes of at least 4 members (excludes halogenated alkanes) is 3. The fourth-order valence-electron chi connectivity index (χ4n) is 2.75. The number of sulfonamides is 1. The Balaban J connectivity index is 2.56. The molecule has 122 valence electrons. The second kappa shape index (κ2) is 9.20. The highest BCUT2D eigenvalue weighted by atomic mass is 32.2. The molecule has 0 heterocycles. The van der Waals surface area contributed by atoms with Crippen LogP contribution in [0.15, 0.2) is 12.7 Å². The van der Waals surface area contributed by atoms with Crippen LogP contribution in [0.3, 0.4) is 0 Å². The quantitative estimate of drug-likeness (QED) is 0.505. The lowest BCUT2D eigenvalue weighted by molar-refractivity contribution is -0.117. The van der Waals surface area contributed by atoms with Gasteiger partial charge in [0.2, 0.25) is 15.9 Å². The van der Waals surface area contributed by atoms with Crippen molar-refractivity contribution < 1.29 is 13.2 Å². The minimum Gasteiger partial charge on any atom is -0.348 e. The van der Waals surface area contributed by atoms with Gasteiger partial charge in [-0.1, -0.05) is 45.6 Å². The molecule has 2 atom stereocenters. The molecule has 1 saturated carbocycles. The van der Waals surface area contributed by atoms with E-state index in [-0.39, 0.29) is 11.9 Å². The minimum absolute atomic E-state index is 0.301. The Morgan fingerprint density at radius 1 is 1.24 bits per heavy atom.